The lowest BCUT2D eigenvalue weighted by Gasteiger charge is -2.12. The minimum atomic E-state index is -0.974. The van der Waals surface area contributed by atoms with Gasteiger partial charge in [-0.1, -0.05) is 6.07 Å². The predicted molar refractivity (Wildman–Crippen MR) is 82.0 cm³/mol. The van der Waals surface area contributed by atoms with Crippen molar-refractivity contribution in [3.63, 3.8) is 0 Å². The van der Waals surface area contributed by atoms with Crippen LogP contribution in [0.15, 0.2) is 24.3 Å². The van der Waals surface area contributed by atoms with Gasteiger partial charge in [-0.3, -0.25) is 4.79 Å². The molecule has 0 bridgehead atoms. The molecule has 1 amide bonds. The van der Waals surface area contributed by atoms with Gasteiger partial charge in [-0.25, -0.2) is 4.79 Å². The first-order valence-corrected chi connectivity index (χ1v) is 7.55. The molecule has 4 nitrogen and oxygen atoms in total. The SMILES string of the molecule is Cc1cc(C=CC(=O)O)ccc1NC(=O)C1CCCS1. The predicted octanol–water partition coefficient (Wildman–Crippen LogP) is 2.93. The van der Waals surface area contributed by atoms with E-state index in [1.54, 1.807) is 17.8 Å². The lowest BCUT2D eigenvalue weighted by Crippen LogP contribution is -2.23. The van der Waals surface area contributed by atoms with Crippen LogP contribution in [0.3, 0.4) is 0 Å². The van der Waals surface area contributed by atoms with Crippen LogP contribution in [-0.4, -0.2) is 28.0 Å². The highest BCUT2D eigenvalue weighted by Crippen LogP contribution is 2.28. The Kier molecular flexibility index (Phi) is 4.84. The van der Waals surface area contributed by atoms with Gasteiger partial charge in [0, 0.05) is 11.8 Å². The number of amides is 1. The second-order valence-electron chi connectivity index (χ2n) is 4.74. The molecule has 5 heteroatoms. The number of carboxylic acid groups (broad SMARTS) is 1. The molecule has 0 saturated carbocycles. The molecular formula is C15H17NO3S. The van der Waals surface area contributed by atoms with E-state index in [-0.39, 0.29) is 11.2 Å². The Hall–Kier alpha value is -1.75. The molecule has 1 unspecified atom stereocenters. The van der Waals surface area contributed by atoms with E-state index in [4.69, 9.17) is 5.11 Å². The summed E-state index contributed by atoms with van der Waals surface area (Å²) in [4.78, 5) is 22.5. The maximum absolute atomic E-state index is 12.0. The van der Waals surface area contributed by atoms with Gasteiger partial charge in [-0.2, -0.15) is 0 Å². The molecule has 0 radical (unpaired) electrons. The summed E-state index contributed by atoms with van der Waals surface area (Å²) in [5.41, 5.74) is 2.52. The quantitative estimate of drug-likeness (QED) is 0.837. The average molecular weight is 291 g/mol. The summed E-state index contributed by atoms with van der Waals surface area (Å²) >= 11 is 1.70. The van der Waals surface area contributed by atoms with Crippen molar-refractivity contribution in [3.05, 3.63) is 35.4 Å². The topological polar surface area (TPSA) is 66.4 Å². The fourth-order valence-corrected chi connectivity index (χ4v) is 3.26. The monoisotopic (exact) mass is 291 g/mol. The van der Waals surface area contributed by atoms with E-state index in [1.807, 2.05) is 19.1 Å². The van der Waals surface area contributed by atoms with Crippen LogP contribution in [0.4, 0.5) is 5.69 Å². The Labute approximate surface area is 122 Å². The van der Waals surface area contributed by atoms with Gasteiger partial charge in [0.05, 0.1) is 5.25 Å². The second-order valence-corrected chi connectivity index (χ2v) is 6.05. The number of hydrogen-bond acceptors (Lipinski definition) is 3. The molecule has 20 heavy (non-hydrogen) atoms. The molecule has 1 aromatic rings. The smallest absolute Gasteiger partial charge is 0.328 e. The van der Waals surface area contributed by atoms with Crippen LogP contribution in [0.25, 0.3) is 6.08 Å². The number of carbonyl (C=O) groups excluding carboxylic acids is 1. The van der Waals surface area contributed by atoms with Crippen LogP contribution in [0, 0.1) is 6.92 Å². The fraction of sp³-hybridized carbons (Fsp3) is 0.333. The van der Waals surface area contributed by atoms with Crippen LogP contribution >= 0.6 is 11.8 Å². The van der Waals surface area contributed by atoms with E-state index in [0.717, 1.165) is 41.5 Å². The number of nitrogens with one attached hydrogen (secondary N) is 1. The third-order valence-corrected chi connectivity index (χ3v) is 4.53. The van der Waals surface area contributed by atoms with E-state index in [1.165, 1.54) is 6.08 Å². The normalized spacial score (nSPS) is 18.4. The van der Waals surface area contributed by atoms with Crippen molar-refractivity contribution in [1.82, 2.24) is 0 Å². The number of anilines is 1. The van der Waals surface area contributed by atoms with Crippen molar-refractivity contribution in [2.45, 2.75) is 25.0 Å². The maximum atomic E-state index is 12.0. The first kappa shape index (κ1) is 14.7. The van der Waals surface area contributed by atoms with Crippen LogP contribution in [0.5, 0.6) is 0 Å². The van der Waals surface area contributed by atoms with E-state index in [0.29, 0.717) is 0 Å². The molecular weight excluding hydrogens is 274 g/mol. The summed E-state index contributed by atoms with van der Waals surface area (Å²) in [6, 6.07) is 5.47. The summed E-state index contributed by atoms with van der Waals surface area (Å²) in [5, 5.41) is 11.6. The minimum absolute atomic E-state index is 0.0565. The average Bonchev–Trinajstić information content (AvgIpc) is 2.93. The van der Waals surface area contributed by atoms with Gasteiger partial charge in [0.1, 0.15) is 0 Å². The van der Waals surface area contributed by atoms with Crippen LogP contribution in [0.1, 0.15) is 24.0 Å². The first-order valence-electron chi connectivity index (χ1n) is 6.50. The van der Waals surface area contributed by atoms with Crippen molar-refractivity contribution >= 4 is 35.4 Å². The van der Waals surface area contributed by atoms with E-state index >= 15 is 0 Å². The van der Waals surface area contributed by atoms with Gasteiger partial charge in [-0.05, 0) is 54.9 Å². The van der Waals surface area contributed by atoms with Gasteiger partial charge in [0.2, 0.25) is 5.91 Å². The van der Waals surface area contributed by atoms with Gasteiger partial charge in [-0.15, -0.1) is 11.8 Å². The molecule has 1 saturated heterocycles. The first-order chi connectivity index (χ1) is 9.56. The molecule has 0 aromatic heterocycles. The Morgan fingerprint density at radius 1 is 1.45 bits per heavy atom. The molecule has 2 rings (SSSR count). The number of aliphatic carboxylic acids is 1. The lowest BCUT2D eigenvalue weighted by atomic mass is 10.1. The summed E-state index contributed by atoms with van der Waals surface area (Å²) < 4.78 is 0. The molecule has 1 aliphatic rings. The number of thioether (sulfide) groups is 1. The molecule has 1 aliphatic heterocycles. The highest BCUT2D eigenvalue weighted by atomic mass is 32.2. The maximum Gasteiger partial charge on any atom is 0.328 e. The number of carboxylic acids is 1. The van der Waals surface area contributed by atoms with Crippen molar-refractivity contribution in [2.24, 2.45) is 0 Å². The summed E-state index contributed by atoms with van der Waals surface area (Å²) in [6.07, 6.45) is 4.67. The van der Waals surface area contributed by atoms with E-state index in [2.05, 4.69) is 5.32 Å². The Bertz CT molecular complexity index is 548. The Morgan fingerprint density at radius 2 is 2.25 bits per heavy atom. The van der Waals surface area contributed by atoms with E-state index in [9.17, 15) is 9.59 Å². The standard InChI is InChI=1S/C15H17NO3S/c1-10-9-11(5-7-14(17)18)4-6-12(10)16-15(19)13-3-2-8-20-13/h4-7,9,13H,2-3,8H2,1H3,(H,16,19)(H,17,18). The number of aryl methyl sites for hydroxylation is 1. The van der Waals surface area contributed by atoms with Crippen molar-refractivity contribution in [1.29, 1.82) is 0 Å². The molecule has 1 fully saturated rings. The largest absolute Gasteiger partial charge is 0.478 e. The lowest BCUT2D eigenvalue weighted by molar-refractivity contribution is -0.131. The molecule has 2 N–H and O–H groups in total. The number of rotatable bonds is 4. The number of hydrogen-bond donors (Lipinski definition) is 2. The third kappa shape index (κ3) is 3.87. The van der Waals surface area contributed by atoms with Crippen LogP contribution in [0.2, 0.25) is 0 Å². The molecule has 0 spiro atoms. The van der Waals surface area contributed by atoms with Gasteiger partial charge >= 0.3 is 5.97 Å². The van der Waals surface area contributed by atoms with E-state index < -0.39 is 5.97 Å². The van der Waals surface area contributed by atoms with Crippen LogP contribution < -0.4 is 5.32 Å². The zero-order chi connectivity index (χ0) is 14.5. The Morgan fingerprint density at radius 3 is 2.85 bits per heavy atom. The number of carbonyl (C=O) groups is 2. The molecule has 0 aliphatic carbocycles. The molecule has 106 valence electrons. The van der Waals surface area contributed by atoms with Gasteiger partial charge in [0.25, 0.3) is 0 Å². The highest BCUT2D eigenvalue weighted by Gasteiger charge is 2.23. The fourth-order valence-electron chi connectivity index (χ4n) is 2.10. The summed E-state index contributed by atoms with van der Waals surface area (Å²) in [7, 11) is 0. The van der Waals surface area contributed by atoms with Gasteiger partial charge in [0.15, 0.2) is 0 Å². The van der Waals surface area contributed by atoms with Crippen molar-refractivity contribution < 1.29 is 14.7 Å². The van der Waals surface area contributed by atoms with Crippen molar-refractivity contribution in [2.75, 3.05) is 11.1 Å². The summed E-state index contributed by atoms with van der Waals surface area (Å²) in [5.74, 6) is 0.137. The minimum Gasteiger partial charge on any atom is -0.478 e. The Balaban J connectivity index is 2.05. The van der Waals surface area contributed by atoms with Crippen molar-refractivity contribution in [3.8, 4) is 0 Å². The van der Waals surface area contributed by atoms with Gasteiger partial charge < -0.3 is 10.4 Å². The zero-order valence-corrected chi connectivity index (χ0v) is 12.1. The zero-order valence-electron chi connectivity index (χ0n) is 11.3. The molecule has 1 heterocycles. The highest BCUT2D eigenvalue weighted by molar-refractivity contribution is 8.00. The molecule has 1 aromatic carbocycles. The molecule has 1 atom stereocenters. The third-order valence-electron chi connectivity index (χ3n) is 3.15. The van der Waals surface area contributed by atoms with Crippen LogP contribution in [-0.2, 0) is 9.59 Å². The summed E-state index contributed by atoms with van der Waals surface area (Å²) in [6.45, 7) is 1.90. The second kappa shape index (κ2) is 6.61. The number of benzene rings is 1.